The van der Waals surface area contributed by atoms with Crippen LogP contribution in [0.15, 0.2) is 72.8 Å². The van der Waals surface area contributed by atoms with Gasteiger partial charge < -0.3 is 5.32 Å². The molecule has 4 aromatic rings. The maximum absolute atomic E-state index is 12.2. The number of amides is 1. The van der Waals surface area contributed by atoms with E-state index in [4.69, 9.17) is 0 Å². The number of aromatic nitrogens is 1. The van der Waals surface area contributed by atoms with Gasteiger partial charge in [-0.25, -0.2) is 4.98 Å². The summed E-state index contributed by atoms with van der Waals surface area (Å²) >= 11 is 1.63. The molecule has 0 aliphatic heterocycles. The topological polar surface area (TPSA) is 85.1 Å². The van der Waals surface area contributed by atoms with Gasteiger partial charge in [0.2, 0.25) is 5.91 Å². The molecule has 0 saturated carbocycles. The number of fused-ring (bicyclic) bond motifs is 1. The van der Waals surface area contributed by atoms with Gasteiger partial charge in [0.05, 0.1) is 21.6 Å². The first kappa shape index (κ1) is 17.8. The zero-order valence-corrected chi connectivity index (χ0v) is 15.5. The van der Waals surface area contributed by atoms with E-state index in [1.807, 2.05) is 48.5 Å². The molecule has 0 radical (unpaired) electrons. The Kier molecular flexibility index (Phi) is 4.82. The molecule has 0 saturated heterocycles. The standard InChI is InChI=1S/C21H15N3O3S/c25-20(13-14-5-11-17(12-6-14)24(26)27)22-16-9-7-15(8-10-16)21-23-18-3-1-2-4-19(18)28-21/h1-12H,13H2,(H,22,25). The quantitative estimate of drug-likeness (QED) is 0.382. The van der Waals surface area contributed by atoms with Crippen molar-refractivity contribution >= 4 is 38.8 Å². The Hall–Kier alpha value is -3.58. The van der Waals surface area contributed by atoms with Crippen LogP contribution in [-0.4, -0.2) is 15.8 Å². The van der Waals surface area contributed by atoms with Gasteiger partial charge in [0.15, 0.2) is 0 Å². The molecule has 0 fully saturated rings. The summed E-state index contributed by atoms with van der Waals surface area (Å²) in [6, 6.07) is 21.5. The molecule has 0 aliphatic carbocycles. The Labute approximate surface area is 164 Å². The summed E-state index contributed by atoms with van der Waals surface area (Å²) in [5.74, 6) is -0.179. The van der Waals surface area contributed by atoms with Crippen molar-refractivity contribution in [3.63, 3.8) is 0 Å². The van der Waals surface area contributed by atoms with Crippen LogP contribution in [0.5, 0.6) is 0 Å². The molecule has 138 valence electrons. The molecule has 0 spiro atoms. The zero-order valence-electron chi connectivity index (χ0n) is 14.7. The second-order valence-electron chi connectivity index (χ2n) is 6.21. The number of carbonyl (C=O) groups excluding carboxylic acids is 1. The molecular formula is C21H15N3O3S. The number of hydrogen-bond donors (Lipinski definition) is 1. The van der Waals surface area contributed by atoms with E-state index in [1.165, 1.54) is 12.1 Å². The van der Waals surface area contributed by atoms with E-state index in [-0.39, 0.29) is 18.0 Å². The third-order valence-corrected chi connectivity index (χ3v) is 5.31. The van der Waals surface area contributed by atoms with Crippen molar-refractivity contribution in [1.82, 2.24) is 4.98 Å². The Morgan fingerprint density at radius 2 is 1.71 bits per heavy atom. The predicted octanol–water partition coefficient (Wildman–Crippen LogP) is 5.05. The minimum atomic E-state index is -0.461. The Morgan fingerprint density at radius 3 is 2.39 bits per heavy atom. The molecule has 3 aromatic carbocycles. The number of rotatable bonds is 5. The van der Waals surface area contributed by atoms with Gasteiger partial charge in [-0.1, -0.05) is 24.3 Å². The third-order valence-electron chi connectivity index (χ3n) is 4.22. The molecule has 0 unspecified atom stereocenters. The van der Waals surface area contributed by atoms with E-state index in [0.717, 1.165) is 20.8 Å². The molecule has 6 nitrogen and oxygen atoms in total. The highest BCUT2D eigenvalue weighted by Gasteiger charge is 2.09. The molecule has 1 heterocycles. The fourth-order valence-corrected chi connectivity index (χ4v) is 3.79. The number of anilines is 1. The summed E-state index contributed by atoms with van der Waals surface area (Å²) in [5, 5.41) is 14.5. The smallest absolute Gasteiger partial charge is 0.269 e. The van der Waals surface area contributed by atoms with Crippen LogP contribution in [0.3, 0.4) is 0 Å². The predicted molar refractivity (Wildman–Crippen MR) is 110 cm³/mol. The molecule has 4 rings (SSSR count). The summed E-state index contributed by atoms with van der Waals surface area (Å²) in [4.78, 5) is 27.1. The SMILES string of the molecule is O=C(Cc1ccc([N+](=O)[O-])cc1)Nc1ccc(-c2nc3ccccc3s2)cc1. The van der Waals surface area contributed by atoms with Crippen LogP contribution in [-0.2, 0) is 11.2 Å². The summed E-state index contributed by atoms with van der Waals surface area (Å²) in [5.41, 5.74) is 3.39. The number of non-ortho nitro benzene ring substituents is 1. The molecule has 1 aromatic heterocycles. The van der Waals surface area contributed by atoms with E-state index >= 15 is 0 Å². The average Bonchev–Trinajstić information content (AvgIpc) is 3.13. The van der Waals surface area contributed by atoms with E-state index in [9.17, 15) is 14.9 Å². The molecule has 1 N–H and O–H groups in total. The van der Waals surface area contributed by atoms with E-state index in [1.54, 1.807) is 23.5 Å². The largest absolute Gasteiger partial charge is 0.326 e. The van der Waals surface area contributed by atoms with Crippen LogP contribution >= 0.6 is 11.3 Å². The minimum absolute atomic E-state index is 0.00888. The van der Waals surface area contributed by atoms with Crippen LogP contribution in [0.4, 0.5) is 11.4 Å². The lowest BCUT2D eigenvalue weighted by atomic mass is 10.1. The van der Waals surface area contributed by atoms with Crippen LogP contribution in [0.1, 0.15) is 5.56 Å². The van der Waals surface area contributed by atoms with Gasteiger partial charge in [-0.3, -0.25) is 14.9 Å². The Bertz CT molecular complexity index is 1120. The van der Waals surface area contributed by atoms with Gasteiger partial charge in [-0.2, -0.15) is 0 Å². The minimum Gasteiger partial charge on any atom is -0.326 e. The first-order chi connectivity index (χ1) is 13.6. The summed E-state index contributed by atoms with van der Waals surface area (Å²) in [6.07, 6.45) is 0.150. The number of carbonyl (C=O) groups is 1. The average molecular weight is 389 g/mol. The molecular weight excluding hydrogens is 374 g/mol. The van der Waals surface area contributed by atoms with Crippen molar-refractivity contribution in [2.75, 3.05) is 5.32 Å². The van der Waals surface area contributed by atoms with Crippen molar-refractivity contribution in [3.05, 3.63) is 88.5 Å². The van der Waals surface area contributed by atoms with Gasteiger partial charge in [0, 0.05) is 23.4 Å². The van der Waals surface area contributed by atoms with Crippen molar-refractivity contribution < 1.29 is 9.72 Å². The van der Waals surface area contributed by atoms with Gasteiger partial charge in [-0.15, -0.1) is 11.3 Å². The zero-order chi connectivity index (χ0) is 19.5. The monoisotopic (exact) mass is 389 g/mol. The number of nitrogens with one attached hydrogen (secondary N) is 1. The highest BCUT2D eigenvalue weighted by molar-refractivity contribution is 7.21. The van der Waals surface area contributed by atoms with Crippen LogP contribution in [0, 0.1) is 10.1 Å². The molecule has 0 atom stereocenters. The first-order valence-corrected chi connectivity index (χ1v) is 9.39. The third kappa shape index (κ3) is 3.89. The number of benzene rings is 3. The maximum Gasteiger partial charge on any atom is 0.269 e. The first-order valence-electron chi connectivity index (χ1n) is 8.58. The number of nitro benzene ring substituents is 1. The van der Waals surface area contributed by atoms with Crippen molar-refractivity contribution in [2.24, 2.45) is 0 Å². The normalized spacial score (nSPS) is 10.7. The summed E-state index contributed by atoms with van der Waals surface area (Å²) in [7, 11) is 0. The van der Waals surface area contributed by atoms with Crippen molar-refractivity contribution in [3.8, 4) is 10.6 Å². The fourth-order valence-electron chi connectivity index (χ4n) is 2.82. The number of hydrogen-bond acceptors (Lipinski definition) is 5. The molecule has 0 bridgehead atoms. The van der Waals surface area contributed by atoms with Crippen LogP contribution in [0.25, 0.3) is 20.8 Å². The van der Waals surface area contributed by atoms with Crippen LogP contribution in [0.2, 0.25) is 0 Å². The Morgan fingerprint density at radius 1 is 1.00 bits per heavy atom. The highest BCUT2D eigenvalue weighted by Crippen LogP contribution is 2.30. The number of thiazole rings is 1. The number of para-hydroxylation sites is 1. The fraction of sp³-hybridized carbons (Fsp3) is 0.0476. The number of nitro groups is 1. The van der Waals surface area contributed by atoms with Gasteiger partial charge >= 0.3 is 0 Å². The van der Waals surface area contributed by atoms with Gasteiger partial charge in [0.1, 0.15) is 5.01 Å². The van der Waals surface area contributed by atoms with Gasteiger partial charge in [0.25, 0.3) is 5.69 Å². The van der Waals surface area contributed by atoms with Crippen LogP contribution < -0.4 is 5.32 Å². The van der Waals surface area contributed by atoms with E-state index in [2.05, 4.69) is 10.3 Å². The molecule has 7 heteroatoms. The second-order valence-corrected chi connectivity index (χ2v) is 7.24. The maximum atomic E-state index is 12.2. The van der Waals surface area contributed by atoms with Gasteiger partial charge in [-0.05, 0) is 42.0 Å². The summed E-state index contributed by atoms with van der Waals surface area (Å²) < 4.78 is 1.14. The molecule has 28 heavy (non-hydrogen) atoms. The lowest BCUT2D eigenvalue weighted by Crippen LogP contribution is -2.14. The van der Waals surface area contributed by atoms with Crippen molar-refractivity contribution in [1.29, 1.82) is 0 Å². The highest BCUT2D eigenvalue weighted by atomic mass is 32.1. The van der Waals surface area contributed by atoms with E-state index < -0.39 is 4.92 Å². The second kappa shape index (κ2) is 7.58. The number of nitrogens with zero attached hydrogens (tertiary/aromatic N) is 2. The molecule has 1 amide bonds. The summed E-state index contributed by atoms with van der Waals surface area (Å²) in [6.45, 7) is 0. The lowest BCUT2D eigenvalue weighted by molar-refractivity contribution is -0.384. The Balaban J connectivity index is 1.42. The van der Waals surface area contributed by atoms with E-state index in [0.29, 0.717) is 11.3 Å². The van der Waals surface area contributed by atoms with Crippen molar-refractivity contribution in [2.45, 2.75) is 6.42 Å². The lowest BCUT2D eigenvalue weighted by Gasteiger charge is -2.06. The molecule has 0 aliphatic rings.